The number of aryl methyl sites for hydroxylation is 2. The van der Waals surface area contributed by atoms with E-state index in [1.165, 1.54) is 6.07 Å². The summed E-state index contributed by atoms with van der Waals surface area (Å²) in [5.74, 6) is -2.14. The first-order chi connectivity index (χ1) is 12.8. The smallest absolute Gasteiger partial charge is 0.340 e. The van der Waals surface area contributed by atoms with Gasteiger partial charge in [-0.05, 0) is 43.7 Å². The van der Waals surface area contributed by atoms with Crippen LogP contribution < -0.4 is 10.4 Å². The minimum atomic E-state index is -1.12. The summed E-state index contributed by atoms with van der Waals surface area (Å²) in [6, 6.07) is 6.50. The average molecular weight is 374 g/mol. The van der Waals surface area contributed by atoms with E-state index in [0.717, 1.165) is 12.1 Å². The van der Waals surface area contributed by atoms with E-state index in [-0.39, 0.29) is 23.3 Å². The number of fused-ring (bicyclic) bond motifs is 1. The highest BCUT2D eigenvalue weighted by molar-refractivity contribution is 5.86. The molecule has 0 spiro atoms. The summed E-state index contributed by atoms with van der Waals surface area (Å²) in [4.78, 5) is 23.1. The molecule has 0 fully saturated rings. The van der Waals surface area contributed by atoms with Gasteiger partial charge in [0, 0.05) is 22.6 Å². The fourth-order valence-electron chi connectivity index (χ4n) is 2.88. The summed E-state index contributed by atoms with van der Waals surface area (Å²) in [5.41, 5.74) is 0.901. The van der Waals surface area contributed by atoms with Crippen LogP contribution >= 0.6 is 0 Å². The second-order valence-corrected chi connectivity index (χ2v) is 6.15. The highest BCUT2D eigenvalue weighted by Crippen LogP contribution is 2.30. The van der Waals surface area contributed by atoms with Crippen LogP contribution in [-0.4, -0.2) is 11.1 Å². The molecule has 1 heterocycles. The van der Waals surface area contributed by atoms with Crippen molar-refractivity contribution >= 4 is 16.9 Å². The summed E-state index contributed by atoms with van der Waals surface area (Å²) in [6.07, 6.45) is -0.425. The number of carboxylic acid groups (broad SMARTS) is 1. The van der Waals surface area contributed by atoms with Crippen LogP contribution in [0.3, 0.4) is 0 Å². The number of rotatable bonds is 5. The maximum Gasteiger partial charge on any atom is 0.340 e. The van der Waals surface area contributed by atoms with Crippen LogP contribution in [0, 0.1) is 25.5 Å². The first kappa shape index (κ1) is 18.6. The molecule has 1 aromatic heterocycles. The maximum atomic E-state index is 13.7. The lowest BCUT2D eigenvalue weighted by molar-refractivity contribution is -0.136. The van der Waals surface area contributed by atoms with E-state index in [0.29, 0.717) is 22.3 Å². The molecule has 0 atom stereocenters. The van der Waals surface area contributed by atoms with E-state index in [1.54, 1.807) is 26.0 Å². The predicted octanol–water partition coefficient (Wildman–Crippen LogP) is 3.89. The lowest BCUT2D eigenvalue weighted by Gasteiger charge is -2.13. The molecule has 0 saturated carbocycles. The third-order valence-electron chi connectivity index (χ3n) is 4.38. The molecule has 0 unspecified atom stereocenters. The molecule has 0 radical (unpaired) electrons. The molecular formula is C20H16F2O5. The average Bonchev–Trinajstić information content (AvgIpc) is 2.60. The summed E-state index contributed by atoms with van der Waals surface area (Å²) in [5, 5.41) is 9.55. The SMILES string of the molecule is Cc1c(CC(=O)O)c(=O)oc2c(C)c(OCc3ccc(F)cc3F)ccc12. The Balaban J connectivity index is 1.97. The quantitative estimate of drug-likeness (QED) is 0.686. The minimum absolute atomic E-state index is 0.0939. The van der Waals surface area contributed by atoms with Gasteiger partial charge in [0.2, 0.25) is 0 Å². The highest BCUT2D eigenvalue weighted by Gasteiger charge is 2.17. The topological polar surface area (TPSA) is 76.7 Å². The van der Waals surface area contributed by atoms with Gasteiger partial charge in [-0.1, -0.05) is 0 Å². The van der Waals surface area contributed by atoms with Crippen molar-refractivity contribution in [2.24, 2.45) is 0 Å². The Morgan fingerprint density at radius 3 is 2.56 bits per heavy atom. The molecule has 0 aliphatic carbocycles. The van der Waals surface area contributed by atoms with Crippen LogP contribution in [-0.2, 0) is 17.8 Å². The summed E-state index contributed by atoms with van der Waals surface area (Å²) in [7, 11) is 0. The molecular weight excluding hydrogens is 358 g/mol. The number of ether oxygens (including phenoxy) is 1. The first-order valence-electron chi connectivity index (χ1n) is 8.12. The van der Waals surface area contributed by atoms with E-state index in [4.69, 9.17) is 14.3 Å². The normalized spacial score (nSPS) is 11.0. The van der Waals surface area contributed by atoms with E-state index in [2.05, 4.69) is 0 Å². The van der Waals surface area contributed by atoms with Gasteiger partial charge in [0.25, 0.3) is 0 Å². The Kier molecular flexibility index (Phi) is 4.94. The van der Waals surface area contributed by atoms with Gasteiger partial charge < -0.3 is 14.3 Å². The van der Waals surface area contributed by atoms with Gasteiger partial charge in [0.05, 0.1) is 12.0 Å². The number of halogens is 2. The third kappa shape index (κ3) is 3.67. The number of aliphatic carboxylic acids is 1. The molecule has 140 valence electrons. The molecule has 0 saturated heterocycles. The van der Waals surface area contributed by atoms with Crippen LogP contribution in [0.2, 0.25) is 0 Å². The van der Waals surface area contributed by atoms with Crippen molar-refractivity contribution in [1.82, 2.24) is 0 Å². The van der Waals surface area contributed by atoms with Gasteiger partial charge in [-0.3, -0.25) is 4.79 Å². The molecule has 27 heavy (non-hydrogen) atoms. The molecule has 5 nitrogen and oxygen atoms in total. The third-order valence-corrected chi connectivity index (χ3v) is 4.38. The molecule has 0 amide bonds. The van der Waals surface area contributed by atoms with E-state index >= 15 is 0 Å². The van der Waals surface area contributed by atoms with Gasteiger partial charge in [0.1, 0.15) is 29.6 Å². The predicted molar refractivity (Wildman–Crippen MR) is 94.0 cm³/mol. The molecule has 2 aromatic carbocycles. The molecule has 3 rings (SSSR count). The zero-order valence-corrected chi connectivity index (χ0v) is 14.6. The van der Waals surface area contributed by atoms with Crippen LogP contribution in [0.4, 0.5) is 8.78 Å². The highest BCUT2D eigenvalue weighted by atomic mass is 19.1. The number of carbonyl (C=O) groups is 1. The van der Waals surface area contributed by atoms with Crippen molar-refractivity contribution < 1.29 is 27.8 Å². The lowest BCUT2D eigenvalue weighted by atomic mass is 10.0. The number of hydrogen-bond donors (Lipinski definition) is 1. The zero-order valence-electron chi connectivity index (χ0n) is 14.6. The Morgan fingerprint density at radius 1 is 1.15 bits per heavy atom. The van der Waals surface area contributed by atoms with Crippen molar-refractivity contribution in [2.75, 3.05) is 0 Å². The first-order valence-corrected chi connectivity index (χ1v) is 8.12. The summed E-state index contributed by atoms with van der Waals surface area (Å²) >= 11 is 0. The Morgan fingerprint density at radius 2 is 1.89 bits per heavy atom. The zero-order chi connectivity index (χ0) is 19.7. The largest absolute Gasteiger partial charge is 0.488 e. The summed E-state index contributed by atoms with van der Waals surface area (Å²) in [6.45, 7) is 3.21. The van der Waals surface area contributed by atoms with E-state index in [1.807, 2.05) is 0 Å². The number of hydrogen-bond acceptors (Lipinski definition) is 4. The Hall–Kier alpha value is -3.22. The molecule has 0 aliphatic heterocycles. The number of carboxylic acids is 1. The molecule has 7 heteroatoms. The standard InChI is InChI=1S/C20H16F2O5/c1-10-14-5-6-17(26-9-12-3-4-13(21)7-16(12)22)11(2)19(14)27-20(25)15(10)8-18(23)24/h3-7H,8-9H2,1-2H3,(H,23,24). The van der Waals surface area contributed by atoms with E-state index < -0.39 is 29.7 Å². The number of benzene rings is 2. The Labute approximate surface area is 152 Å². The van der Waals surface area contributed by atoms with E-state index in [9.17, 15) is 18.4 Å². The molecule has 3 aromatic rings. The molecule has 1 N–H and O–H groups in total. The monoisotopic (exact) mass is 374 g/mol. The minimum Gasteiger partial charge on any atom is -0.488 e. The van der Waals surface area contributed by atoms with Crippen LogP contribution in [0.25, 0.3) is 11.0 Å². The van der Waals surface area contributed by atoms with Crippen molar-refractivity contribution in [3.05, 3.63) is 74.6 Å². The van der Waals surface area contributed by atoms with Gasteiger partial charge in [0.15, 0.2) is 0 Å². The summed E-state index contributed by atoms with van der Waals surface area (Å²) < 4.78 is 37.6. The Bertz CT molecular complexity index is 1100. The van der Waals surface area contributed by atoms with Gasteiger partial charge in [-0.15, -0.1) is 0 Å². The van der Waals surface area contributed by atoms with Crippen molar-refractivity contribution in [3.8, 4) is 5.75 Å². The second kappa shape index (κ2) is 7.19. The van der Waals surface area contributed by atoms with Crippen LogP contribution in [0.1, 0.15) is 22.3 Å². The fourth-order valence-corrected chi connectivity index (χ4v) is 2.88. The van der Waals surface area contributed by atoms with Crippen molar-refractivity contribution in [1.29, 1.82) is 0 Å². The van der Waals surface area contributed by atoms with Crippen LogP contribution in [0.5, 0.6) is 5.75 Å². The van der Waals surface area contributed by atoms with Crippen molar-refractivity contribution in [3.63, 3.8) is 0 Å². The second-order valence-electron chi connectivity index (χ2n) is 6.15. The maximum absolute atomic E-state index is 13.7. The fraction of sp³-hybridized carbons (Fsp3) is 0.200. The van der Waals surface area contributed by atoms with Gasteiger partial charge in [-0.25, -0.2) is 13.6 Å². The lowest BCUT2D eigenvalue weighted by Crippen LogP contribution is -2.15. The van der Waals surface area contributed by atoms with Gasteiger partial charge >= 0.3 is 11.6 Å². The van der Waals surface area contributed by atoms with Gasteiger partial charge in [-0.2, -0.15) is 0 Å². The van der Waals surface area contributed by atoms with Crippen molar-refractivity contribution in [2.45, 2.75) is 26.9 Å². The van der Waals surface area contributed by atoms with Crippen LogP contribution in [0.15, 0.2) is 39.5 Å². The molecule has 0 bridgehead atoms. The molecule has 0 aliphatic rings.